The first-order chi connectivity index (χ1) is 29.2. The third-order valence-electron chi connectivity index (χ3n) is 11.1. The molecule has 8 heteroatoms. The lowest BCUT2D eigenvalue weighted by atomic mass is 10.0. The Morgan fingerprint density at radius 1 is 0.305 bits per heavy atom. The molecule has 0 atom stereocenters. The van der Waals surface area contributed by atoms with Crippen molar-refractivity contribution in [3.8, 4) is 56.4 Å². The summed E-state index contributed by atoms with van der Waals surface area (Å²) in [5.41, 5.74) is 12.0. The molecular formula is C51H29N7O. The van der Waals surface area contributed by atoms with E-state index in [1.165, 1.54) is 0 Å². The Morgan fingerprint density at radius 3 is 1.34 bits per heavy atom. The van der Waals surface area contributed by atoms with E-state index < -0.39 is 0 Å². The molecule has 0 aliphatic heterocycles. The number of pyridine rings is 4. The number of para-hydroxylation sites is 1. The van der Waals surface area contributed by atoms with Crippen LogP contribution in [0.15, 0.2) is 181 Å². The Balaban J connectivity index is 0.934. The number of furan rings is 1. The van der Waals surface area contributed by atoms with Gasteiger partial charge in [0.2, 0.25) is 0 Å². The Hall–Kier alpha value is -8.23. The zero-order valence-electron chi connectivity index (χ0n) is 31.3. The van der Waals surface area contributed by atoms with Crippen LogP contribution in [0.1, 0.15) is 0 Å². The molecule has 12 aromatic rings. The normalized spacial score (nSPS) is 11.7. The number of fused-ring (bicyclic) bond motifs is 9. The van der Waals surface area contributed by atoms with Crippen molar-refractivity contribution in [3.63, 3.8) is 0 Å². The molecule has 6 aromatic carbocycles. The average Bonchev–Trinajstić information content (AvgIpc) is 3.69. The molecule has 6 heterocycles. The van der Waals surface area contributed by atoms with Crippen LogP contribution >= 0.6 is 0 Å². The van der Waals surface area contributed by atoms with Crippen molar-refractivity contribution in [2.24, 2.45) is 0 Å². The lowest BCUT2D eigenvalue weighted by Crippen LogP contribution is -2.00. The largest absolute Gasteiger partial charge is 0.456 e. The van der Waals surface area contributed by atoms with E-state index in [0.717, 1.165) is 104 Å². The minimum Gasteiger partial charge on any atom is -0.456 e. The molecule has 0 spiro atoms. The summed E-state index contributed by atoms with van der Waals surface area (Å²) in [4.78, 5) is 34.1. The van der Waals surface area contributed by atoms with Crippen LogP contribution in [0, 0.1) is 0 Å². The Labute approximate surface area is 336 Å². The van der Waals surface area contributed by atoms with Crippen LogP contribution in [0.5, 0.6) is 0 Å². The Morgan fingerprint density at radius 2 is 0.763 bits per heavy atom. The monoisotopic (exact) mass is 755 g/mol. The SMILES string of the molecule is c1cnc2c(c1)ccc1cc(-c3ccc(-c4nc(-c5ccc(-c6cnc7c(ccc8cccnc87)c6)cc5)nc(-c5ccc6oc7ccccc7c6c5)n4)cc3)cnc12. The van der Waals surface area contributed by atoms with Gasteiger partial charge in [-0.3, -0.25) is 19.9 Å². The molecule has 6 aromatic heterocycles. The van der Waals surface area contributed by atoms with Gasteiger partial charge in [0.1, 0.15) is 11.2 Å². The topological polar surface area (TPSA) is 103 Å². The van der Waals surface area contributed by atoms with Gasteiger partial charge in [0.25, 0.3) is 0 Å². The van der Waals surface area contributed by atoms with Crippen LogP contribution in [0.2, 0.25) is 0 Å². The van der Waals surface area contributed by atoms with Crippen LogP contribution in [0.3, 0.4) is 0 Å². The van der Waals surface area contributed by atoms with Crippen LogP contribution in [0.4, 0.5) is 0 Å². The van der Waals surface area contributed by atoms with Gasteiger partial charge in [0, 0.05) is 84.9 Å². The molecule has 0 aliphatic rings. The van der Waals surface area contributed by atoms with Gasteiger partial charge in [-0.15, -0.1) is 0 Å². The lowest BCUT2D eigenvalue weighted by molar-refractivity contribution is 0.669. The van der Waals surface area contributed by atoms with Crippen molar-refractivity contribution in [3.05, 3.63) is 176 Å². The van der Waals surface area contributed by atoms with Crippen LogP contribution in [0.25, 0.3) is 122 Å². The number of hydrogen-bond donors (Lipinski definition) is 0. The summed E-state index contributed by atoms with van der Waals surface area (Å²) < 4.78 is 6.14. The quantitative estimate of drug-likeness (QED) is 0.160. The van der Waals surface area contributed by atoms with Crippen molar-refractivity contribution in [2.45, 2.75) is 0 Å². The highest BCUT2D eigenvalue weighted by Crippen LogP contribution is 2.35. The van der Waals surface area contributed by atoms with E-state index in [1.54, 1.807) is 0 Å². The average molecular weight is 756 g/mol. The van der Waals surface area contributed by atoms with Crippen molar-refractivity contribution < 1.29 is 4.42 Å². The highest BCUT2D eigenvalue weighted by atomic mass is 16.3. The zero-order chi connectivity index (χ0) is 38.9. The first-order valence-corrected chi connectivity index (χ1v) is 19.3. The number of nitrogens with zero attached hydrogens (tertiary/aromatic N) is 7. The fourth-order valence-corrected chi connectivity index (χ4v) is 8.04. The van der Waals surface area contributed by atoms with E-state index in [1.807, 2.05) is 67.3 Å². The van der Waals surface area contributed by atoms with E-state index in [0.29, 0.717) is 17.5 Å². The highest BCUT2D eigenvalue weighted by Gasteiger charge is 2.16. The first kappa shape index (κ1) is 33.0. The van der Waals surface area contributed by atoms with Gasteiger partial charge >= 0.3 is 0 Å². The van der Waals surface area contributed by atoms with E-state index in [-0.39, 0.29) is 0 Å². The fourth-order valence-electron chi connectivity index (χ4n) is 8.04. The molecule has 0 radical (unpaired) electrons. The van der Waals surface area contributed by atoms with Gasteiger partial charge in [-0.1, -0.05) is 103 Å². The molecular weight excluding hydrogens is 727 g/mol. The van der Waals surface area contributed by atoms with Gasteiger partial charge in [0.05, 0.1) is 22.1 Å². The zero-order valence-corrected chi connectivity index (χ0v) is 31.3. The summed E-state index contributed by atoms with van der Waals surface area (Å²) in [6.45, 7) is 0. The number of benzene rings is 6. The maximum absolute atomic E-state index is 6.14. The first-order valence-electron chi connectivity index (χ1n) is 19.3. The molecule has 0 fully saturated rings. The molecule has 8 nitrogen and oxygen atoms in total. The van der Waals surface area contributed by atoms with Crippen LogP contribution in [-0.4, -0.2) is 34.9 Å². The lowest BCUT2D eigenvalue weighted by Gasteiger charge is -2.10. The molecule has 12 rings (SSSR count). The molecule has 0 aliphatic carbocycles. The fraction of sp³-hybridized carbons (Fsp3) is 0. The second kappa shape index (κ2) is 13.2. The molecule has 0 saturated heterocycles. The molecule has 0 unspecified atom stereocenters. The third-order valence-corrected chi connectivity index (χ3v) is 11.1. The Kier molecular flexibility index (Phi) is 7.36. The minimum absolute atomic E-state index is 0.574. The molecule has 0 bridgehead atoms. The van der Waals surface area contributed by atoms with Gasteiger partial charge in [-0.05, 0) is 59.7 Å². The summed E-state index contributed by atoms with van der Waals surface area (Å²) in [7, 11) is 0. The summed E-state index contributed by atoms with van der Waals surface area (Å²) in [6, 6.07) is 51.5. The van der Waals surface area contributed by atoms with Crippen molar-refractivity contribution in [1.29, 1.82) is 0 Å². The van der Waals surface area contributed by atoms with Crippen molar-refractivity contribution in [2.75, 3.05) is 0 Å². The van der Waals surface area contributed by atoms with Crippen LogP contribution < -0.4 is 0 Å². The van der Waals surface area contributed by atoms with Crippen molar-refractivity contribution >= 4 is 65.6 Å². The van der Waals surface area contributed by atoms with E-state index in [2.05, 4.69) is 119 Å². The van der Waals surface area contributed by atoms with Crippen molar-refractivity contribution in [1.82, 2.24) is 34.9 Å². The maximum atomic E-state index is 6.14. The van der Waals surface area contributed by atoms with E-state index in [4.69, 9.17) is 29.3 Å². The van der Waals surface area contributed by atoms with E-state index in [9.17, 15) is 0 Å². The van der Waals surface area contributed by atoms with E-state index >= 15 is 0 Å². The Bertz CT molecular complexity index is 3440. The van der Waals surface area contributed by atoms with Crippen LogP contribution in [-0.2, 0) is 0 Å². The maximum Gasteiger partial charge on any atom is 0.164 e. The molecule has 0 amide bonds. The van der Waals surface area contributed by atoms with Gasteiger partial charge in [-0.25, -0.2) is 15.0 Å². The molecule has 274 valence electrons. The molecule has 0 N–H and O–H groups in total. The summed E-state index contributed by atoms with van der Waals surface area (Å²) in [6.07, 6.45) is 7.45. The number of rotatable bonds is 5. The van der Waals surface area contributed by atoms with Gasteiger partial charge in [0.15, 0.2) is 17.5 Å². The smallest absolute Gasteiger partial charge is 0.164 e. The second-order valence-electron chi connectivity index (χ2n) is 14.6. The summed E-state index contributed by atoms with van der Waals surface area (Å²) in [5, 5.41) is 6.29. The number of hydrogen-bond acceptors (Lipinski definition) is 8. The predicted octanol–water partition coefficient (Wildman–Crippen LogP) is 12.3. The van der Waals surface area contributed by atoms with Gasteiger partial charge in [-0.2, -0.15) is 0 Å². The predicted molar refractivity (Wildman–Crippen MR) is 235 cm³/mol. The molecule has 0 saturated carbocycles. The number of aromatic nitrogens is 7. The standard InChI is InChI=1S/C51H29N7O/c1-2-8-43-41(7-1)42-27-38(21-22-44(42)59-43)51-57-49(34-15-9-30(10-16-34)39-25-36-19-13-32-5-3-23-52-45(32)47(36)54-28-39)56-50(58-51)35-17-11-31(12-18-35)40-26-37-20-14-33-6-4-24-53-46(33)48(37)55-29-40/h1-29H. The minimum atomic E-state index is 0.574. The summed E-state index contributed by atoms with van der Waals surface area (Å²) >= 11 is 0. The highest BCUT2D eigenvalue weighted by molar-refractivity contribution is 6.07. The van der Waals surface area contributed by atoms with Gasteiger partial charge < -0.3 is 4.42 Å². The third kappa shape index (κ3) is 5.65. The summed E-state index contributed by atoms with van der Waals surface area (Å²) in [5.74, 6) is 1.72. The molecule has 59 heavy (non-hydrogen) atoms. The second-order valence-corrected chi connectivity index (χ2v) is 14.6.